The van der Waals surface area contributed by atoms with Gasteiger partial charge >= 0.3 is 0 Å². The van der Waals surface area contributed by atoms with Crippen LogP contribution in [0.3, 0.4) is 0 Å². The van der Waals surface area contributed by atoms with Crippen molar-refractivity contribution in [2.75, 3.05) is 27.2 Å². The first kappa shape index (κ1) is 21.3. The van der Waals surface area contributed by atoms with Gasteiger partial charge in [0.25, 0.3) is 5.91 Å². The molecule has 1 aliphatic carbocycles. The van der Waals surface area contributed by atoms with Crippen molar-refractivity contribution in [3.63, 3.8) is 0 Å². The standard InChI is InChI=1S/C23H32N4O2/c1-25-14-17-3-5-18(6-4-17)15-26-23(28)20-11-21(27-22(12-20)29-2)19-9-7-16(13-24)8-10-19/h7-12,17-18,25H,3-6,13-15,24H2,1-2H3,(H,26,28). The number of pyridine rings is 1. The van der Waals surface area contributed by atoms with E-state index in [1.807, 2.05) is 37.4 Å². The van der Waals surface area contributed by atoms with Crippen molar-refractivity contribution in [1.29, 1.82) is 0 Å². The Balaban J connectivity index is 1.65. The van der Waals surface area contributed by atoms with E-state index in [1.54, 1.807) is 13.2 Å². The average Bonchev–Trinajstić information content (AvgIpc) is 2.78. The second-order valence-electron chi connectivity index (χ2n) is 7.84. The fourth-order valence-corrected chi connectivity index (χ4v) is 3.97. The Morgan fingerprint density at radius 2 is 1.76 bits per heavy atom. The van der Waals surface area contributed by atoms with E-state index in [0.29, 0.717) is 29.6 Å². The third-order valence-corrected chi connectivity index (χ3v) is 5.77. The molecule has 6 nitrogen and oxygen atoms in total. The van der Waals surface area contributed by atoms with Crippen LogP contribution in [0.25, 0.3) is 11.3 Å². The summed E-state index contributed by atoms with van der Waals surface area (Å²) in [7, 11) is 3.57. The largest absolute Gasteiger partial charge is 0.481 e. The molecule has 1 amide bonds. The molecule has 1 heterocycles. The molecule has 1 aliphatic rings. The van der Waals surface area contributed by atoms with Gasteiger partial charge in [0, 0.05) is 30.3 Å². The van der Waals surface area contributed by atoms with Gasteiger partial charge in [-0.25, -0.2) is 4.98 Å². The fraction of sp³-hybridized carbons (Fsp3) is 0.478. The molecule has 156 valence electrons. The van der Waals surface area contributed by atoms with Crippen LogP contribution in [-0.4, -0.2) is 38.1 Å². The molecule has 0 spiro atoms. The van der Waals surface area contributed by atoms with E-state index in [4.69, 9.17) is 10.5 Å². The molecule has 0 radical (unpaired) electrons. The molecule has 0 unspecified atom stereocenters. The van der Waals surface area contributed by atoms with Crippen LogP contribution in [0.1, 0.15) is 41.6 Å². The molecule has 29 heavy (non-hydrogen) atoms. The lowest BCUT2D eigenvalue weighted by Crippen LogP contribution is -2.32. The molecular weight excluding hydrogens is 364 g/mol. The Morgan fingerprint density at radius 1 is 1.10 bits per heavy atom. The number of methoxy groups -OCH3 is 1. The van der Waals surface area contributed by atoms with Crippen molar-refractivity contribution in [3.05, 3.63) is 47.5 Å². The van der Waals surface area contributed by atoms with Crippen LogP contribution in [-0.2, 0) is 6.54 Å². The lowest BCUT2D eigenvalue weighted by molar-refractivity contribution is 0.0941. The number of carbonyl (C=O) groups excluding carboxylic acids is 1. The Kier molecular flexibility index (Phi) is 7.61. The summed E-state index contributed by atoms with van der Waals surface area (Å²) in [5.74, 6) is 1.68. The van der Waals surface area contributed by atoms with Gasteiger partial charge in [-0.1, -0.05) is 24.3 Å². The smallest absolute Gasteiger partial charge is 0.251 e. The van der Waals surface area contributed by atoms with E-state index in [2.05, 4.69) is 15.6 Å². The second kappa shape index (κ2) is 10.4. The lowest BCUT2D eigenvalue weighted by Gasteiger charge is -2.28. The summed E-state index contributed by atoms with van der Waals surface area (Å²) in [4.78, 5) is 17.3. The van der Waals surface area contributed by atoms with Gasteiger partial charge in [-0.05, 0) is 62.7 Å². The number of nitrogens with zero attached hydrogens (tertiary/aromatic N) is 1. The van der Waals surface area contributed by atoms with Gasteiger partial charge in [-0.15, -0.1) is 0 Å². The van der Waals surface area contributed by atoms with Gasteiger partial charge in [-0.3, -0.25) is 4.79 Å². The van der Waals surface area contributed by atoms with Crippen molar-refractivity contribution in [2.45, 2.75) is 32.2 Å². The van der Waals surface area contributed by atoms with Crippen LogP contribution in [0.4, 0.5) is 0 Å². The van der Waals surface area contributed by atoms with E-state index in [9.17, 15) is 4.79 Å². The molecule has 0 atom stereocenters. The normalized spacial score (nSPS) is 19.0. The van der Waals surface area contributed by atoms with Gasteiger partial charge in [0.05, 0.1) is 12.8 Å². The predicted octanol–water partition coefficient (Wildman–Crippen LogP) is 2.97. The molecule has 0 saturated heterocycles. The first-order valence-corrected chi connectivity index (χ1v) is 10.4. The molecule has 1 aromatic heterocycles. The fourth-order valence-electron chi connectivity index (χ4n) is 3.97. The van der Waals surface area contributed by atoms with Crippen LogP contribution >= 0.6 is 0 Å². The number of benzene rings is 1. The molecular formula is C23H32N4O2. The number of hydrogen-bond donors (Lipinski definition) is 3. The van der Waals surface area contributed by atoms with Crippen LogP contribution in [0.15, 0.2) is 36.4 Å². The van der Waals surface area contributed by atoms with Crippen molar-refractivity contribution in [1.82, 2.24) is 15.6 Å². The maximum Gasteiger partial charge on any atom is 0.251 e. The molecule has 1 fully saturated rings. The third kappa shape index (κ3) is 5.78. The average molecular weight is 397 g/mol. The minimum Gasteiger partial charge on any atom is -0.481 e. The van der Waals surface area contributed by atoms with Crippen LogP contribution in [0.5, 0.6) is 5.88 Å². The number of carbonyl (C=O) groups is 1. The van der Waals surface area contributed by atoms with E-state index in [0.717, 1.165) is 30.1 Å². The quantitative estimate of drug-likeness (QED) is 0.638. The highest BCUT2D eigenvalue weighted by molar-refractivity contribution is 5.95. The van der Waals surface area contributed by atoms with E-state index < -0.39 is 0 Å². The molecule has 6 heteroatoms. The summed E-state index contributed by atoms with van der Waals surface area (Å²) in [5, 5.41) is 6.38. The SMILES string of the molecule is CNCC1CCC(CNC(=O)c2cc(OC)nc(-c3ccc(CN)cc3)c2)CC1. The summed E-state index contributed by atoms with van der Waals surface area (Å²) in [6.45, 7) is 2.30. The van der Waals surface area contributed by atoms with Gasteiger partial charge in [0.1, 0.15) is 0 Å². The molecule has 1 saturated carbocycles. The number of ether oxygens (including phenoxy) is 1. The lowest BCUT2D eigenvalue weighted by atomic mass is 9.82. The van der Waals surface area contributed by atoms with Crippen LogP contribution in [0.2, 0.25) is 0 Å². The molecule has 1 aromatic carbocycles. The number of nitrogens with two attached hydrogens (primary N) is 1. The summed E-state index contributed by atoms with van der Waals surface area (Å²) in [5.41, 5.74) is 8.94. The van der Waals surface area contributed by atoms with E-state index in [-0.39, 0.29) is 5.91 Å². The first-order chi connectivity index (χ1) is 14.1. The van der Waals surface area contributed by atoms with Gasteiger partial charge in [0.15, 0.2) is 0 Å². The maximum atomic E-state index is 12.8. The Labute approximate surface area is 173 Å². The second-order valence-corrected chi connectivity index (χ2v) is 7.84. The maximum absolute atomic E-state index is 12.8. The van der Waals surface area contributed by atoms with Crippen molar-refractivity contribution in [2.24, 2.45) is 17.6 Å². The topological polar surface area (TPSA) is 89.3 Å². The van der Waals surface area contributed by atoms with E-state index in [1.165, 1.54) is 25.7 Å². The van der Waals surface area contributed by atoms with Crippen molar-refractivity contribution in [3.8, 4) is 17.1 Å². The summed E-state index contributed by atoms with van der Waals surface area (Å²) < 4.78 is 5.32. The highest BCUT2D eigenvalue weighted by Gasteiger charge is 2.21. The monoisotopic (exact) mass is 396 g/mol. The summed E-state index contributed by atoms with van der Waals surface area (Å²) in [6.07, 6.45) is 4.80. The minimum absolute atomic E-state index is 0.0807. The third-order valence-electron chi connectivity index (χ3n) is 5.77. The summed E-state index contributed by atoms with van der Waals surface area (Å²) >= 11 is 0. The molecule has 2 aromatic rings. The molecule has 4 N–H and O–H groups in total. The highest BCUT2D eigenvalue weighted by Crippen LogP contribution is 2.28. The zero-order valence-electron chi connectivity index (χ0n) is 17.4. The molecule has 0 bridgehead atoms. The number of amides is 1. The predicted molar refractivity (Wildman–Crippen MR) is 116 cm³/mol. The zero-order chi connectivity index (χ0) is 20.6. The van der Waals surface area contributed by atoms with Gasteiger partial charge < -0.3 is 21.1 Å². The van der Waals surface area contributed by atoms with Crippen LogP contribution < -0.4 is 21.1 Å². The van der Waals surface area contributed by atoms with E-state index >= 15 is 0 Å². The molecule has 3 rings (SSSR count). The number of rotatable bonds is 8. The highest BCUT2D eigenvalue weighted by atomic mass is 16.5. The first-order valence-electron chi connectivity index (χ1n) is 10.4. The van der Waals surface area contributed by atoms with Gasteiger partial charge in [0.2, 0.25) is 5.88 Å². The Morgan fingerprint density at radius 3 is 2.34 bits per heavy atom. The van der Waals surface area contributed by atoms with Crippen LogP contribution in [0, 0.1) is 11.8 Å². The number of aromatic nitrogens is 1. The molecule has 0 aliphatic heterocycles. The summed E-state index contributed by atoms with van der Waals surface area (Å²) in [6, 6.07) is 11.4. The number of hydrogen-bond acceptors (Lipinski definition) is 5. The minimum atomic E-state index is -0.0807. The van der Waals surface area contributed by atoms with Gasteiger partial charge in [-0.2, -0.15) is 0 Å². The number of nitrogens with one attached hydrogen (secondary N) is 2. The Hall–Kier alpha value is -2.44. The van der Waals surface area contributed by atoms with Crippen molar-refractivity contribution < 1.29 is 9.53 Å². The zero-order valence-corrected chi connectivity index (χ0v) is 17.4. The Bertz CT molecular complexity index is 799. The van der Waals surface area contributed by atoms with Crippen molar-refractivity contribution >= 4 is 5.91 Å².